The number of nitrogens with zero attached hydrogens (tertiary/aromatic N) is 1. The van der Waals surface area contributed by atoms with E-state index in [2.05, 4.69) is 46.6 Å². The number of nitrogens with one attached hydrogen (secondary N) is 1. The highest BCUT2D eigenvalue weighted by atomic mass is 16.5. The van der Waals surface area contributed by atoms with Gasteiger partial charge in [-0.2, -0.15) is 0 Å². The minimum Gasteiger partial charge on any atom is -0.379 e. The summed E-state index contributed by atoms with van der Waals surface area (Å²) >= 11 is 0. The topological polar surface area (TPSA) is 50.8 Å². The van der Waals surface area contributed by atoms with Crippen LogP contribution >= 0.6 is 0 Å². The molecule has 144 valence electrons. The van der Waals surface area contributed by atoms with Gasteiger partial charge in [0.2, 0.25) is 5.91 Å². The van der Waals surface area contributed by atoms with Crippen LogP contribution in [0.5, 0.6) is 0 Å². The molecule has 27 heavy (non-hydrogen) atoms. The van der Waals surface area contributed by atoms with Crippen molar-refractivity contribution in [1.29, 1.82) is 0 Å². The van der Waals surface area contributed by atoms with Crippen molar-refractivity contribution in [3.05, 3.63) is 71.3 Å². The molecule has 2 aromatic carbocycles. The van der Waals surface area contributed by atoms with Gasteiger partial charge in [0.25, 0.3) is 0 Å². The first-order valence-electron chi connectivity index (χ1n) is 9.56. The van der Waals surface area contributed by atoms with Gasteiger partial charge in [-0.1, -0.05) is 54.6 Å². The largest absolute Gasteiger partial charge is 0.379 e. The van der Waals surface area contributed by atoms with Crippen molar-refractivity contribution in [3.8, 4) is 0 Å². The maximum Gasteiger partial charge on any atom is 0.246 e. The van der Waals surface area contributed by atoms with Crippen LogP contribution in [0.25, 0.3) is 0 Å². The van der Waals surface area contributed by atoms with E-state index in [1.165, 1.54) is 11.1 Å². The Balaban J connectivity index is 1.31. The predicted molar refractivity (Wildman–Crippen MR) is 105 cm³/mol. The zero-order valence-electron chi connectivity index (χ0n) is 15.7. The number of amides is 1. The third-order valence-corrected chi connectivity index (χ3v) is 4.63. The summed E-state index contributed by atoms with van der Waals surface area (Å²) in [6, 6.07) is 18.5. The van der Waals surface area contributed by atoms with Gasteiger partial charge in [-0.3, -0.25) is 9.69 Å². The first kappa shape index (κ1) is 19.5. The molecule has 0 atom stereocenters. The lowest BCUT2D eigenvalue weighted by Crippen LogP contribution is -2.35. The van der Waals surface area contributed by atoms with E-state index in [1.54, 1.807) is 0 Å². The molecule has 0 saturated carbocycles. The molecule has 0 spiro atoms. The molecule has 0 bridgehead atoms. The second-order valence-electron chi connectivity index (χ2n) is 6.77. The quantitative estimate of drug-likeness (QED) is 0.691. The van der Waals surface area contributed by atoms with E-state index in [4.69, 9.17) is 9.47 Å². The van der Waals surface area contributed by atoms with E-state index in [9.17, 15) is 4.79 Å². The van der Waals surface area contributed by atoms with E-state index in [-0.39, 0.29) is 12.5 Å². The first-order chi connectivity index (χ1) is 13.3. The Kier molecular flexibility index (Phi) is 7.84. The van der Waals surface area contributed by atoms with Crippen LogP contribution < -0.4 is 5.32 Å². The summed E-state index contributed by atoms with van der Waals surface area (Å²) in [6.45, 7) is 5.73. The van der Waals surface area contributed by atoms with Gasteiger partial charge >= 0.3 is 0 Å². The van der Waals surface area contributed by atoms with Gasteiger partial charge in [-0.25, -0.2) is 0 Å². The molecular weight excluding hydrogens is 340 g/mol. The second kappa shape index (κ2) is 10.8. The molecule has 1 N–H and O–H groups in total. The fourth-order valence-electron chi connectivity index (χ4n) is 3.03. The molecule has 1 aliphatic heterocycles. The first-order valence-corrected chi connectivity index (χ1v) is 9.56. The summed E-state index contributed by atoms with van der Waals surface area (Å²) in [7, 11) is 0. The number of morpholine rings is 1. The third kappa shape index (κ3) is 7.13. The molecule has 0 aromatic heterocycles. The zero-order valence-corrected chi connectivity index (χ0v) is 15.7. The van der Waals surface area contributed by atoms with Crippen LogP contribution in [0, 0.1) is 0 Å². The van der Waals surface area contributed by atoms with Gasteiger partial charge in [-0.05, 0) is 23.1 Å². The molecule has 5 heteroatoms. The monoisotopic (exact) mass is 368 g/mol. The highest BCUT2D eigenvalue weighted by Gasteiger charge is 2.10. The Hall–Kier alpha value is -2.21. The molecule has 1 saturated heterocycles. The summed E-state index contributed by atoms with van der Waals surface area (Å²) in [5.74, 6) is -0.0829. The van der Waals surface area contributed by atoms with Crippen molar-refractivity contribution in [2.75, 3.05) is 39.5 Å². The van der Waals surface area contributed by atoms with Crippen molar-refractivity contribution in [1.82, 2.24) is 10.2 Å². The van der Waals surface area contributed by atoms with Crippen LogP contribution in [0.1, 0.15) is 16.7 Å². The van der Waals surface area contributed by atoms with Crippen LogP contribution in [0.4, 0.5) is 0 Å². The summed E-state index contributed by atoms with van der Waals surface area (Å²) < 4.78 is 10.8. The molecule has 0 unspecified atom stereocenters. The van der Waals surface area contributed by atoms with E-state index in [0.29, 0.717) is 13.2 Å². The summed E-state index contributed by atoms with van der Waals surface area (Å²) in [5.41, 5.74) is 3.60. The minimum absolute atomic E-state index is 0.0829. The van der Waals surface area contributed by atoms with Crippen LogP contribution in [0.15, 0.2) is 54.6 Å². The normalized spacial score (nSPS) is 14.8. The molecule has 1 aliphatic rings. The summed E-state index contributed by atoms with van der Waals surface area (Å²) in [5, 5.41) is 2.91. The van der Waals surface area contributed by atoms with Crippen molar-refractivity contribution >= 4 is 5.91 Å². The Morgan fingerprint density at radius 1 is 0.963 bits per heavy atom. The molecular formula is C22H28N2O3. The highest BCUT2D eigenvalue weighted by Crippen LogP contribution is 2.09. The van der Waals surface area contributed by atoms with Gasteiger partial charge in [-0.15, -0.1) is 0 Å². The van der Waals surface area contributed by atoms with Crippen molar-refractivity contribution < 1.29 is 14.3 Å². The summed E-state index contributed by atoms with van der Waals surface area (Å²) in [4.78, 5) is 14.3. The number of hydrogen-bond donors (Lipinski definition) is 1. The second-order valence-corrected chi connectivity index (χ2v) is 6.77. The fourth-order valence-corrected chi connectivity index (χ4v) is 3.03. The number of ether oxygens (including phenoxy) is 2. The lowest BCUT2D eigenvalue weighted by Gasteiger charge is -2.26. The van der Waals surface area contributed by atoms with Crippen LogP contribution in [0.2, 0.25) is 0 Å². The van der Waals surface area contributed by atoms with Crippen LogP contribution in [-0.2, 0) is 33.8 Å². The van der Waals surface area contributed by atoms with Crippen molar-refractivity contribution in [3.63, 3.8) is 0 Å². The molecule has 1 fully saturated rings. The number of carbonyl (C=O) groups is 1. The Labute approximate surface area is 161 Å². The van der Waals surface area contributed by atoms with Crippen molar-refractivity contribution in [2.45, 2.75) is 19.5 Å². The average Bonchev–Trinajstić information content (AvgIpc) is 2.72. The Bertz CT molecular complexity index is 682. The molecule has 2 aromatic rings. The predicted octanol–water partition coefficient (Wildman–Crippen LogP) is 2.39. The lowest BCUT2D eigenvalue weighted by molar-refractivity contribution is -0.125. The number of carbonyl (C=O) groups excluding carboxylic acids is 1. The zero-order chi connectivity index (χ0) is 18.7. The summed E-state index contributed by atoms with van der Waals surface area (Å²) in [6.07, 6.45) is 0.818. The van der Waals surface area contributed by atoms with Gasteiger partial charge < -0.3 is 14.8 Å². The van der Waals surface area contributed by atoms with E-state index in [0.717, 1.165) is 44.8 Å². The number of benzene rings is 2. The van der Waals surface area contributed by atoms with E-state index >= 15 is 0 Å². The van der Waals surface area contributed by atoms with Gasteiger partial charge in [0.1, 0.15) is 6.61 Å². The Morgan fingerprint density at radius 3 is 2.41 bits per heavy atom. The molecule has 1 heterocycles. The smallest absolute Gasteiger partial charge is 0.246 e. The van der Waals surface area contributed by atoms with Crippen LogP contribution in [0.3, 0.4) is 0 Å². The molecule has 1 amide bonds. The Morgan fingerprint density at radius 2 is 1.67 bits per heavy atom. The molecule has 0 aliphatic carbocycles. The average molecular weight is 368 g/mol. The maximum atomic E-state index is 11.9. The number of rotatable bonds is 9. The fraction of sp³-hybridized carbons (Fsp3) is 0.409. The lowest BCUT2D eigenvalue weighted by atomic mass is 10.1. The van der Waals surface area contributed by atoms with Crippen LogP contribution in [-0.4, -0.2) is 50.3 Å². The van der Waals surface area contributed by atoms with Gasteiger partial charge in [0.15, 0.2) is 0 Å². The maximum absolute atomic E-state index is 11.9. The van der Waals surface area contributed by atoms with Crippen molar-refractivity contribution in [2.24, 2.45) is 0 Å². The third-order valence-electron chi connectivity index (χ3n) is 4.63. The minimum atomic E-state index is -0.0829. The van der Waals surface area contributed by atoms with E-state index < -0.39 is 0 Å². The van der Waals surface area contributed by atoms with E-state index in [1.807, 2.05) is 18.2 Å². The molecule has 3 rings (SSSR count). The number of hydrogen-bond acceptors (Lipinski definition) is 4. The standard InChI is InChI=1S/C22H28N2O3/c25-22(18-27-13-10-19-4-2-1-3-5-19)23-16-20-6-8-21(9-7-20)17-24-11-14-26-15-12-24/h1-9H,10-18H2,(H,23,25). The molecule has 0 radical (unpaired) electrons. The van der Waals surface area contributed by atoms with Gasteiger partial charge in [0.05, 0.1) is 19.8 Å². The van der Waals surface area contributed by atoms with Gasteiger partial charge in [0, 0.05) is 26.2 Å². The molecule has 5 nitrogen and oxygen atoms in total. The highest BCUT2D eigenvalue weighted by molar-refractivity contribution is 5.77. The SMILES string of the molecule is O=C(COCCc1ccccc1)NCc1ccc(CN2CCOCC2)cc1.